The first-order valence-corrected chi connectivity index (χ1v) is 5.73. The van der Waals surface area contributed by atoms with E-state index >= 15 is 0 Å². The van der Waals surface area contributed by atoms with E-state index in [0.29, 0.717) is 5.92 Å². The van der Waals surface area contributed by atoms with E-state index in [4.69, 9.17) is 5.26 Å². The predicted molar refractivity (Wildman–Crippen MR) is 57.1 cm³/mol. The second-order valence-electron chi connectivity index (χ2n) is 4.83. The van der Waals surface area contributed by atoms with Gasteiger partial charge in [0.25, 0.3) is 0 Å². The van der Waals surface area contributed by atoms with Crippen LogP contribution in [-0.2, 0) is 0 Å². The lowest BCUT2D eigenvalue weighted by Gasteiger charge is -2.21. The van der Waals surface area contributed by atoms with Crippen LogP contribution < -0.4 is 0 Å². The Balaban J connectivity index is 1.97. The standard InChI is InChI=1S/C13H14N2/c14-8-11-2-1-5-15-13(11)12-7-9-3-4-10(12)6-9/h1-2,5,9-10,12H,3-4,6-7H2. The highest BCUT2D eigenvalue weighted by molar-refractivity contribution is 5.36. The molecular formula is C13H14N2. The van der Waals surface area contributed by atoms with Crippen molar-refractivity contribution < 1.29 is 0 Å². The maximum atomic E-state index is 9.06. The number of nitrogens with zero attached hydrogens (tertiary/aromatic N) is 2. The third-order valence-corrected chi connectivity index (χ3v) is 4.05. The van der Waals surface area contributed by atoms with Crippen LogP contribution in [0.4, 0.5) is 0 Å². The summed E-state index contributed by atoms with van der Waals surface area (Å²) >= 11 is 0. The van der Waals surface area contributed by atoms with Crippen molar-refractivity contribution in [2.24, 2.45) is 11.8 Å². The van der Waals surface area contributed by atoms with Gasteiger partial charge in [-0.15, -0.1) is 0 Å². The van der Waals surface area contributed by atoms with E-state index in [-0.39, 0.29) is 0 Å². The van der Waals surface area contributed by atoms with E-state index in [0.717, 1.165) is 23.1 Å². The molecule has 0 N–H and O–H groups in total. The Morgan fingerprint density at radius 1 is 1.33 bits per heavy atom. The number of hydrogen-bond acceptors (Lipinski definition) is 2. The molecule has 3 unspecified atom stereocenters. The van der Waals surface area contributed by atoms with E-state index in [1.54, 1.807) is 0 Å². The quantitative estimate of drug-likeness (QED) is 0.695. The molecule has 1 aromatic heterocycles. The van der Waals surface area contributed by atoms with Gasteiger partial charge in [0.05, 0.1) is 11.3 Å². The Hall–Kier alpha value is -1.36. The van der Waals surface area contributed by atoms with Gasteiger partial charge in [-0.05, 0) is 43.2 Å². The summed E-state index contributed by atoms with van der Waals surface area (Å²) in [4.78, 5) is 4.43. The third kappa shape index (κ3) is 1.34. The summed E-state index contributed by atoms with van der Waals surface area (Å²) in [5, 5.41) is 9.06. The van der Waals surface area contributed by atoms with Crippen molar-refractivity contribution >= 4 is 0 Å². The first-order valence-electron chi connectivity index (χ1n) is 5.73. The Kier molecular flexibility index (Phi) is 1.98. The molecule has 76 valence electrons. The predicted octanol–water partition coefficient (Wildman–Crippen LogP) is 2.86. The Labute approximate surface area is 90.0 Å². The molecule has 0 amide bonds. The van der Waals surface area contributed by atoms with Crippen molar-refractivity contribution in [3.05, 3.63) is 29.6 Å². The molecule has 2 saturated carbocycles. The van der Waals surface area contributed by atoms with Gasteiger partial charge >= 0.3 is 0 Å². The number of nitriles is 1. The third-order valence-electron chi connectivity index (χ3n) is 4.05. The van der Waals surface area contributed by atoms with E-state index in [9.17, 15) is 0 Å². The van der Waals surface area contributed by atoms with E-state index < -0.39 is 0 Å². The molecule has 3 rings (SSSR count). The van der Waals surface area contributed by atoms with Gasteiger partial charge < -0.3 is 0 Å². The smallest absolute Gasteiger partial charge is 0.101 e. The first-order chi connectivity index (χ1) is 7.38. The fraction of sp³-hybridized carbons (Fsp3) is 0.538. The molecule has 2 bridgehead atoms. The molecule has 0 aliphatic heterocycles. The average Bonchev–Trinajstić information content (AvgIpc) is 2.90. The molecule has 0 spiro atoms. The second-order valence-corrected chi connectivity index (χ2v) is 4.83. The molecule has 3 atom stereocenters. The minimum atomic E-state index is 0.569. The zero-order chi connectivity index (χ0) is 10.3. The van der Waals surface area contributed by atoms with Gasteiger partial charge in [0, 0.05) is 12.1 Å². The van der Waals surface area contributed by atoms with Crippen LogP contribution in [0.2, 0.25) is 0 Å². The van der Waals surface area contributed by atoms with Crippen LogP contribution in [0, 0.1) is 23.2 Å². The summed E-state index contributed by atoms with van der Waals surface area (Å²) in [5.74, 6) is 2.28. The molecule has 15 heavy (non-hydrogen) atoms. The maximum Gasteiger partial charge on any atom is 0.101 e. The number of rotatable bonds is 1. The minimum Gasteiger partial charge on any atom is -0.260 e. The van der Waals surface area contributed by atoms with Crippen molar-refractivity contribution in [3.63, 3.8) is 0 Å². The molecule has 0 saturated heterocycles. The van der Waals surface area contributed by atoms with E-state index in [2.05, 4.69) is 11.1 Å². The van der Waals surface area contributed by atoms with Crippen LogP contribution in [0.3, 0.4) is 0 Å². The van der Waals surface area contributed by atoms with E-state index in [1.807, 2.05) is 18.3 Å². The van der Waals surface area contributed by atoms with Crippen molar-refractivity contribution in [2.75, 3.05) is 0 Å². The van der Waals surface area contributed by atoms with Crippen LogP contribution in [-0.4, -0.2) is 4.98 Å². The fourth-order valence-electron chi connectivity index (χ4n) is 3.39. The highest BCUT2D eigenvalue weighted by Gasteiger charge is 2.41. The van der Waals surface area contributed by atoms with Crippen LogP contribution in [0.5, 0.6) is 0 Å². The van der Waals surface area contributed by atoms with Gasteiger partial charge in [-0.25, -0.2) is 0 Å². The summed E-state index contributed by atoms with van der Waals surface area (Å²) in [6, 6.07) is 6.02. The van der Waals surface area contributed by atoms with Gasteiger partial charge in [0.1, 0.15) is 6.07 Å². The summed E-state index contributed by atoms with van der Waals surface area (Å²) in [7, 11) is 0. The normalized spacial score (nSPS) is 32.9. The van der Waals surface area contributed by atoms with Crippen molar-refractivity contribution in [3.8, 4) is 6.07 Å². The molecule has 0 aromatic carbocycles. The van der Waals surface area contributed by atoms with Crippen molar-refractivity contribution in [2.45, 2.75) is 31.6 Å². The van der Waals surface area contributed by atoms with Gasteiger partial charge in [0.2, 0.25) is 0 Å². The lowest BCUT2D eigenvalue weighted by Crippen LogP contribution is -2.11. The summed E-state index contributed by atoms with van der Waals surface area (Å²) in [6.07, 6.45) is 7.19. The Morgan fingerprint density at radius 3 is 2.93 bits per heavy atom. The second kappa shape index (κ2) is 3.34. The lowest BCUT2D eigenvalue weighted by molar-refractivity contribution is 0.412. The SMILES string of the molecule is N#Cc1cccnc1C1CC2CCC1C2. The van der Waals surface area contributed by atoms with Gasteiger partial charge in [-0.2, -0.15) is 5.26 Å². The highest BCUT2D eigenvalue weighted by Crippen LogP contribution is 2.52. The van der Waals surface area contributed by atoms with Crippen molar-refractivity contribution in [1.82, 2.24) is 4.98 Å². The van der Waals surface area contributed by atoms with Crippen molar-refractivity contribution in [1.29, 1.82) is 5.26 Å². The molecule has 1 heterocycles. The molecule has 2 heteroatoms. The largest absolute Gasteiger partial charge is 0.260 e. The zero-order valence-corrected chi connectivity index (χ0v) is 8.69. The molecule has 2 nitrogen and oxygen atoms in total. The van der Waals surface area contributed by atoms with Crippen LogP contribution >= 0.6 is 0 Å². The number of fused-ring (bicyclic) bond motifs is 2. The monoisotopic (exact) mass is 198 g/mol. The average molecular weight is 198 g/mol. The first kappa shape index (κ1) is 8.91. The molecular weight excluding hydrogens is 184 g/mol. The summed E-state index contributed by atoms with van der Waals surface area (Å²) in [6.45, 7) is 0. The number of hydrogen-bond donors (Lipinski definition) is 0. The maximum absolute atomic E-state index is 9.06. The minimum absolute atomic E-state index is 0.569. The molecule has 2 aliphatic rings. The molecule has 2 fully saturated rings. The van der Waals surface area contributed by atoms with Gasteiger partial charge in [-0.1, -0.05) is 6.42 Å². The Morgan fingerprint density at radius 2 is 2.27 bits per heavy atom. The van der Waals surface area contributed by atoms with E-state index in [1.165, 1.54) is 25.7 Å². The van der Waals surface area contributed by atoms with Crippen LogP contribution in [0.1, 0.15) is 42.9 Å². The summed E-state index contributed by atoms with van der Waals surface area (Å²) in [5.41, 5.74) is 1.85. The molecule has 1 aromatic rings. The number of aromatic nitrogens is 1. The van der Waals surface area contributed by atoms with Crippen LogP contribution in [0.25, 0.3) is 0 Å². The Bertz CT molecular complexity index is 419. The topological polar surface area (TPSA) is 36.7 Å². The molecule has 2 aliphatic carbocycles. The van der Waals surface area contributed by atoms with Gasteiger partial charge in [0.15, 0.2) is 0 Å². The van der Waals surface area contributed by atoms with Crippen LogP contribution in [0.15, 0.2) is 18.3 Å². The summed E-state index contributed by atoms with van der Waals surface area (Å²) < 4.78 is 0. The molecule has 0 radical (unpaired) electrons. The zero-order valence-electron chi connectivity index (χ0n) is 8.69. The van der Waals surface area contributed by atoms with Gasteiger partial charge in [-0.3, -0.25) is 4.98 Å². The highest BCUT2D eigenvalue weighted by atomic mass is 14.7. The fourth-order valence-corrected chi connectivity index (χ4v) is 3.39. The number of pyridine rings is 1. The lowest BCUT2D eigenvalue weighted by atomic mass is 9.84.